The van der Waals surface area contributed by atoms with Crippen molar-refractivity contribution in [2.45, 2.75) is 51.2 Å². The molecule has 0 unspecified atom stereocenters. The fourth-order valence-corrected chi connectivity index (χ4v) is 5.09. The van der Waals surface area contributed by atoms with E-state index in [1.54, 1.807) is 7.11 Å². The summed E-state index contributed by atoms with van der Waals surface area (Å²) in [5.74, 6) is 1.73. The van der Waals surface area contributed by atoms with Crippen molar-refractivity contribution >= 4 is 22.9 Å². The second kappa shape index (κ2) is 12.1. The minimum Gasteiger partial charge on any atom is -0.463 e. The van der Waals surface area contributed by atoms with Crippen LogP contribution in [0.2, 0.25) is 0 Å². The maximum absolute atomic E-state index is 12.8. The number of nitrogen functional groups attached to an aromatic ring is 1. The van der Waals surface area contributed by atoms with E-state index in [2.05, 4.69) is 21.0 Å². The molecule has 0 atom stereocenters. The van der Waals surface area contributed by atoms with E-state index in [1.165, 1.54) is 4.57 Å². The highest BCUT2D eigenvalue weighted by molar-refractivity contribution is 5.82. The average molecular weight is 571 g/mol. The molecule has 6 rings (SSSR count). The third kappa shape index (κ3) is 6.15. The Balaban J connectivity index is 1.22. The number of nitrogens with one attached hydrogen (secondary N) is 1. The minimum absolute atomic E-state index is 0.126. The van der Waals surface area contributed by atoms with Crippen LogP contribution in [0.4, 0.5) is 5.82 Å². The number of ether oxygens (including phenoxy) is 3. The molecule has 4 aromatic rings. The smallest absolute Gasteiger partial charge is 0.328 e. The first-order valence-corrected chi connectivity index (χ1v) is 14.2. The summed E-state index contributed by atoms with van der Waals surface area (Å²) in [7, 11) is 1.61. The van der Waals surface area contributed by atoms with Crippen LogP contribution >= 0.6 is 0 Å². The summed E-state index contributed by atoms with van der Waals surface area (Å²) >= 11 is 0. The number of fused-ring (bicyclic) bond motifs is 3. The van der Waals surface area contributed by atoms with E-state index in [1.807, 2.05) is 53.4 Å². The summed E-state index contributed by atoms with van der Waals surface area (Å²) in [5.41, 5.74) is 9.50. The van der Waals surface area contributed by atoms with Crippen molar-refractivity contribution < 1.29 is 19.0 Å². The summed E-state index contributed by atoms with van der Waals surface area (Å²) in [5, 5.41) is 0. The number of hydrogen-bond donors (Lipinski definition) is 2. The molecular formula is C31H34N6O5. The highest BCUT2D eigenvalue weighted by atomic mass is 16.5. The summed E-state index contributed by atoms with van der Waals surface area (Å²) in [6.45, 7) is 1.68. The Kier molecular flexibility index (Phi) is 7.91. The molecule has 1 fully saturated rings. The highest BCUT2D eigenvalue weighted by Crippen LogP contribution is 2.31. The second-order valence-electron chi connectivity index (χ2n) is 10.6. The number of nitrogens with two attached hydrogens (primary N) is 1. The first-order valence-electron chi connectivity index (χ1n) is 14.2. The number of anilines is 1. The van der Waals surface area contributed by atoms with Crippen LogP contribution in [0.25, 0.3) is 11.2 Å². The van der Waals surface area contributed by atoms with Gasteiger partial charge in [0.2, 0.25) is 5.91 Å². The first kappa shape index (κ1) is 27.5. The third-order valence-electron chi connectivity index (χ3n) is 7.45. The van der Waals surface area contributed by atoms with E-state index in [0.717, 1.165) is 35.3 Å². The van der Waals surface area contributed by atoms with Gasteiger partial charge < -0.3 is 29.8 Å². The second-order valence-corrected chi connectivity index (χ2v) is 10.6. The lowest BCUT2D eigenvalue weighted by Gasteiger charge is -2.22. The fourth-order valence-electron chi connectivity index (χ4n) is 5.09. The van der Waals surface area contributed by atoms with Gasteiger partial charge in [0.05, 0.1) is 26.2 Å². The molecule has 11 nitrogen and oxygen atoms in total. The molecule has 3 N–H and O–H groups in total. The number of imidazole rings is 1. The lowest BCUT2D eigenvalue weighted by atomic mass is 10.1. The Hall–Kier alpha value is -4.64. The van der Waals surface area contributed by atoms with Gasteiger partial charge in [0, 0.05) is 19.7 Å². The number of H-pyrrole nitrogens is 1. The lowest BCUT2D eigenvalue weighted by Crippen LogP contribution is -2.33. The van der Waals surface area contributed by atoms with Gasteiger partial charge >= 0.3 is 11.7 Å². The van der Waals surface area contributed by atoms with E-state index >= 15 is 0 Å². The quantitative estimate of drug-likeness (QED) is 0.304. The van der Waals surface area contributed by atoms with Crippen LogP contribution in [0.3, 0.4) is 0 Å². The van der Waals surface area contributed by atoms with Crippen LogP contribution in [0.15, 0.2) is 59.4 Å². The third-order valence-corrected chi connectivity index (χ3v) is 7.45. The van der Waals surface area contributed by atoms with Gasteiger partial charge in [-0.25, -0.2) is 4.79 Å². The van der Waals surface area contributed by atoms with Gasteiger partial charge in [-0.15, -0.1) is 0 Å². The fraction of sp³-hybridized carbons (Fsp3) is 0.355. The first-order chi connectivity index (χ1) is 20.5. The minimum atomic E-state index is -0.322. The summed E-state index contributed by atoms with van der Waals surface area (Å²) in [6.07, 6.45) is 7.92. The lowest BCUT2D eigenvalue weighted by molar-refractivity contribution is -0.133. The number of methoxy groups -OCH3 is 1. The van der Waals surface area contributed by atoms with Crippen molar-refractivity contribution in [1.82, 2.24) is 24.4 Å². The molecule has 4 bridgehead atoms. The van der Waals surface area contributed by atoms with E-state index in [4.69, 9.17) is 19.9 Å². The normalized spacial score (nSPS) is 15.6. The van der Waals surface area contributed by atoms with Gasteiger partial charge in [-0.05, 0) is 66.6 Å². The number of rotatable bonds is 8. The van der Waals surface area contributed by atoms with Gasteiger partial charge in [0.1, 0.15) is 17.0 Å². The number of nitrogens with zero attached hydrogens (tertiary/aromatic N) is 4. The van der Waals surface area contributed by atoms with E-state index in [-0.39, 0.29) is 23.4 Å². The maximum Gasteiger partial charge on any atom is 0.328 e. The van der Waals surface area contributed by atoms with Crippen LogP contribution in [0.1, 0.15) is 42.4 Å². The molecule has 218 valence electrons. The van der Waals surface area contributed by atoms with E-state index in [9.17, 15) is 9.59 Å². The number of benzene rings is 2. The van der Waals surface area contributed by atoms with Gasteiger partial charge in [-0.3, -0.25) is 9.36 Å². The zero-order valence-corrected chi connectivity index (χ0v) is 23.5. The predicted molar refractivity (Wildman–Crippen MR) is 158 cm³/mol. The van der Waals surface area contributed by atoms with Crippen LogP contribution in [0, 0.1) is 0 Å². The predicted octanol–water partition coefficient (Wildman–Crippen LogP) is 3.95. The topological polar surface area (TPSA) is 138 Å². The zero-order chi connectivity index (χ0) is 29.1. The molecule has 0 spiro atoms. The average Bonchev–Trinajstić information content (AvgIpc) is 3.78. The SMILES string of the molecule is COCCC(=O)N(Cc1ccc(Oc2ccc3cc2C/C=C/CCOc2nc(N)c4[nH]c(=O)n(c4n2)C3)cc1)C1CC1. The molecule has 1 amide bonds. The van der Waals surface area contributed by atoms with Gasteiger partial charge in [-0.2, -0.15) is 9.97 Å². The molecule has 3 heterocycles. The number of carbonyl (C=O) groups is 1. The molecule has 0 radical (unpaired) electrons. The molecule has 1 aliphatic heterocycles. The number of aromatic nitrogens is 4. The molecule has 2 aromatic carbocycles. The zero-order valence-electron chi connectivity index (χ0n) is 23.5. The molecule has 2 aromatic heterocycles. The Bertz CT molecular complexity index is 1670. The monoisotopic (exact) mass is 570 g/mol. The molecule has 1 saturated carbocycles. The number of carbonyl (C=O) groups excluding carboxylic acids is 1. The Morgan fingerprint density at radius 3 is 2.79 bits per heavy atom. The van der Waals surface area contributed by atoms with E-state index in [0.29, 0.717) is 68.5 Å². The summed E-state index contributed by atoms with van der Waals surface area (Å²) < 4.78 is 18.7. The standard InChI is InChI=1S/C31H34N6O5/c1-40-16-14-26(38)36(23-9-10-23)18-20-6-11-24(12-7-20)42-25-13-8-21-17-22(25)5-3-2-4-15-41-30-34-28(32)27-29(35-30)37(19-21)31(39)33-27/h2-3,6-8,11-13,17,23H,4-5,9-10,14-16,18-19H2,1H3,(H,33,39)(H2,32,34,35)/b3-2+. The van der Waals surface area contributed by atoms with Gasteiger partial charge in [-0.1, -0.05) is 30.4 Å². The Labute approximate surface area is 242 Å². The largest absolute Gasteiger partial charge is 0.463 e. The van der Waals surface area contributed by atoms with Crippen LogP contribution < -0.4 is 20.9 Å². The number of amides is 1. The highest BCUT2D eigenvalue weighted by Gasteiger charge is 2.32. The Morgan fingerprint density at radius 1 is 1.17 bits per heavy atom. The molecule has 0 saturated heterocycles. The molecule has 1 aliphatic carbocycles. The van der Waals surface area contributed by atoms with Crippen LogP contribution in [0.5, 0.6) is 17.5 Å². The van der Waals surface area contributed by atoms with Gasteiger partial charge in [0.25, 0.3) is 0 Å². The van der Waals surface area contributed by atoms with Crippen molar-refractivity contribution in [3.8, 4) is 17.5 Å². The van der Waals surface area contributed by atoms with Gasteiger partial charge in [0.15, 0.2) is 11.5 Å². The van der Waals surface area contributed by atoms with Crippen molar-refractivity contribution in [2.75, 3.05) is 26.1 Å². The molecule has 11 heteroatoms. The molecule has 42 heavy (non-hydrogen) atoms. The number of aromatic amines is 1. The number of hydrogen-bond acceptors (Lipinski definition) is 8. The molecule has 2 aliphatic rings. The maximum atomic E-state index is 12.8. The Morgan fingerprint density at radius 2 is 2.00 bits per heavy atom. The van der Waals surface area contributed by atoms with Crippen molar-refractivity contribution in [3.63, 3.8) is 0 Å². The molecular weight excluding hydrogens is 536 g/mol. The van der Waals surface area contributed by atoms with Crippen molar-refractivity contribution in [1.29, 1.82) is 0 Å². The number of allylic oxidation sites excluding steroid dienone is 1. The van der Waals surface area contributed by atoms with Crippen LogP contribution in [-0.2, 0) is 29.0 Å². The van der Waals surface area contributed by atoms with Crippen LogP contribution in [-0.4, -0.2) is 56.7 Å². The summed E-state index contributed by atoms with van der Waals surface area (Å²) in [6, 6.07) is 14.3. The summed E-state index contributed by atoms with van der Waals surface area (Å²) in [4.78, 5) is 38.8. The van der Waals surface area contributed by atoms with Crippen molar-refractivity contribution in [3.05, 3.63) is 81.8 Å². The van der Waals surface area contributed by atoms with Crippen molar-refractivity contribution in [2.24, 2.45) is 0 Å². The van der Waals surface area contributed by atoms with E-state index < -0.39 is 0 Å².